The van der Waals surface area contributed by atoms with Gasteiger partial charge in [-0.1, -0.05) is 60.7 Å². The van der Waals surface area contributed by atoms with Crippen LogP contribution in [0.25, 0.3) is 5.57 Å². The predicted molar refractivity (Wildman–Crippen MR) is 111 cm³/mol. The molecule has 29 heavy (non-hydrogen) atoms. The molecule has 1 unspecified atom stereocenters. The molecule has 0 spiro atoms. The van der Waals surface area contributed by atoms with Gasteiger partial charge in [-0.15, -0.1) is 0 Å². The molecular formula is C24H22O5. The Kier molecular flexibility index (Phi) is 6.00. The third-order valence-corrected chi connectivity index (χ3v) is 4.60. The summed E-state index contributed by atoms with van der Waals surface area (Å²) in [6, 6.07) is 23.3. The Bertz CT molecular complexity index is 1020. The lowest BCUT2D eigenvalue weighted by atomic mass is 9.88. The van der Waals surface area contributed by atoms with Crippen LogP contribution in [0.5, 0.6) is 11.5 Å². The molecule has 0 saturated heterocycles. The average Bonchev–Trinajstić information content (AvgIpc) is 2.73. The fraction of sp³-hybridized carbons (Fsp3) is 0.125. The first-order valence-corrected chi connectivity index (χ1v) is 9.05. The second kappa shape index (κ2) is 8.63. The molecule has 0 amide bonds. The van der Waals surface area contributed by atoms with Gasteiger partial charge < -0.3 is 19.7 Å². The Balaban J connectivity index is 1.97. The minimum Gasteiger partial charge on any atom is -0.503 e. The monoisotopic (exact) mass is 390 g/mol. The van der Waals surface area contributed by atoms with Crippen LogP contribution in [-0.4, -0.2) is 23.3 Å². The number of para-hydroxylation sites is 1. The molecule has 3 aromatic rings. The maximum atomic E-state index is 11.6. The number of aliphatic carboxylic acids is 1. The SMILES string of the molecule is CO/C=C(/C(=O)O)c1ccccc1Oc1cccc(C(C)(O)c2ccccc2)c1. The van der Waals surface area contributed by atoms with Crippen molar-refractivity contribution in [2.75, 3.05) is 7.11 Å². The number of benzene rings is 3. The summed E-state index contributed by atoms with van der Waals surface area (Å²) in [6.07, 6.45) is 1.17. The zero-order valence-electron chi connectivity index (χ0n) is 16.2. The molecule has 0 radical (unpaired) electrons. The molecule has 0 bridgehead atoms. The van der Waals surface area contributed by atoms with E-state index in [-0.39, 0.29) is 5.57 Å². The molecule has 0 aliphatic carbocycles. The van der Waals surface area contributed by atoms with Gasteiger partial charge in [-0.25, -0.2) is 4.79 Å². The van der Waals surface area contributed by atoms with Crippen molar-refractivity contribution in [1.29, 1.82) is 0 Å². The van der Waals surface area contributed by atoms with Crippen molar-refractivity contribution >= 4 is 11.5 Å². The maximum Gasteiger partial charge on any atom is 0.339 e. The molecule has 3 rings (SSSR count). The van der Waals surface area contributed by atoms with E-state index >= 15 is 0 Å². The van der Waals surface area contributed by atoms with Crippen molar-refractivity contribution < 1.29 is 24.5 Å². The van der Waals surface area contributed by atoms with E-state index < -0.39 is 11.6 Å². The van der Waals surface area contributed by atoms with Crippen molar-refractivity contribution in [2.24, 2.45) is 0 Å². The fourth-order valence-corrected chi connectivity index (χ4v) is 3.04. The molecule has 0 fully saturated rings. The van der Waals surface area contributed by atoms with E-state index in [2.05, 4.69) is 0 Å². The molecule has 3 aromatic carbocycles. The van der Waals surface area contributed by atoms with Crippen molar-refractivity contribution in [3.63, 3.8) is 0 Å². The normalized spacial score (nSPS) is 13.4. The van der Waals surface area contributed by atoms with Crippen LogP contribution >= 0.6 is 0 Å². The standard InChI is InChI=1S/C24H22O5/c1-24(27,17-9-4-3-5-10-17)18-11-8-12-19(15-18)29-22-14-7-6-13-20(22)21(16-28-2)23(25)26/h3-16,27H,1-2H3,(H,25,26)/b21-16+. The van der Waals surface area contributed by atoms with Gasteiger partial charge in [0, 0.05) is 5.56 Å². The van der Waals surface area contributed by atoms with Crippen LogP contribution in [0.1, 0.15) is 23.6 Å². The Morgan fingerprint density at radius 1 is 0.931 bits per heavy atom. The van der Waals surface area contributed by atoms with Gasteiger partial charge in [0.15, 0.2) is 0 Å². The van der Waals surface area contributed by atoms with Crippen LogP contribution in [0.2, 0.25) is 0 Å². The number of carboxylic acids is 1. The molecule has 5 heteroatoms. The number of ether oxygens (including phenoxy) is 2. The zero-order valence-corrected chi connectivity index (χ0v) is 16.2. The highest BCUT2D eigenvalue weighted by atomic mass is 16.5. The highest BCUT2D eigenvalue weighted by molar-refractivity contribution is 6.15. The topological polar surface area (TPSA) is 76.0 Å². The van der Waals surface area contributed by atoms with Crippen LogP contribution in [0.3, 0.4) is 0 Å². The summed E-state index contributed by atoms with van der Waals surface area (Å²) in [5.74, 6) is -0.272. The van der Waals surface area contributed by atoms with E-state index in [1.54, 1.807) is 49.4 Å². The summed E-state index contributed by atoms with van der Waals surface area (Å²) in [6.45, 7) is 1.72. The summed E-state index contributed by atoms with van der Waals surface area (Å²) >= 11 is 0. The zero-order chi connectivity index (χ0) is 20.9. The first kappa shape index (κ1) is 20.2. The molecule has 0 heterocycles. The number of hydrogen-bond acceptors (Lipinski definition) is 4. The van der Waals surface area contributed by atoms with E-state index in [4.69, 9.17) is 9.47 Å². The van der Waals surface area contributed by atoms with Crippen molar-refractivity contribution in [3.05, 3.63) is 102 Å². The Morgan fingerprint density at radius 2 is 1.59 bits per heavy atom. The quantitative estimate of drug-likeness (QED) is 0.447. The van der Waals surface area contributed by atoms with E-state index in [0.29, 0.717) is 22.6 Å². The van der Waals surface area contributed by atoms with Crippen molar-refractivity contribution in [1.82, 2.24) is 0 Å². The van der Waals surface area contributed by atoms with Crippen LogP contribution in [-0.2, 0) is 15.1 Å². The lowest BCUT2D eigenvalue weighted by Gasteiger charge is -2.25. The molecule has 2 N–H and O–H groups in total. The van der Waals surface area contributed by atoms with Gasteiger partial charge in [0.05, 0.1) is 13.4 Å². The van der Waals surface area contributed by atoms with Crippen LogP contribution in [0.15, 0.2) is 85.1 Å². The summed E-state index contributed by atoms with van der Waals surface area (Å²) in [7, 11) is 1.39. The highest BCUT2D eigenvalue weighted by Gasteiger charge is 2.26. The third kappa shape index (κ3) is 4.47. The molecule has 0 saturated carbocycles. The lowest BCUT2D eigenvalue weighted by Crippen LogP contribution is -2.22. The first-order valence-electron chi connectivity index (χ1n) is 9.05. The van der Waals surface area contributed by atoms with Crippen LogP contribution in [0, 0.1) is 0 Å². The minimum absolute atomic E-state index is 0.0180. The van der Waals surface area contributed by atoms with Gasteiger partial charge in [-0.05, 0) is 36.2 Å². The van der Waals surface area contributed by atoms with E-state index in [9.17, 15) is 15.0 Å². The molecule has 0 aromatic heterocycles. The molecular weight excluding hydrogens is 368 g/mol. The van der Waals surface area contributed by atoms with Gasteiger partial charge in [-0.3, -0.25) is 0 Å². The average molecular weight is 390 g/mol. The third-order valence-electron chi connectivity index (χ3n) is 4.60. The summed E-state index contributed by atoms with van der Waals surface area (Å²) < 4.78 is 10.9. The lowest BCUT2D eigenvalue weighted by molar-refractivity contribution is -0.130. The maximum absolute atomic E-state index is 11.6. The molecule has 0 aliphatic rings. The van der Waals surface area contributed by atoms with Gasteiger partial charge in [0.25, 0.3) is 0 Å². The highest BCUT2D eigenvalue weighted by Crippen LogP contribution is 2.34. The summed E-state index contributed by atoms with van der Waals surface area (Å²) in [5, 5.41) is 20.6. The van der Waals surface area contributed by atoms with Gasteiger partial charge in [0.1, 0.15) is 22.7 Å². The number of carbonyl (C=O) groups is 1. The molecule has 5 nitrogen and oxygen atoms in total. The minimum atomic E-state index is -1.21. The van der Waals surface area contributed by atoms with Crippen LogP contribution < -0.4 is 4.74 Å². The van der Waals surface area contributed by atoms with Gasteiger partial charge in [-0.2, -0.15) is 0 Å². The number of hydrogen-bond donors (Lipinski definition) is 2. The first-order chi connectivity index (χ1) is 13.9. The number of methoxy groups -OCH3 is 1. The molecule has 0 aliphatic heterocycles. The van der Waals surface area contributed by atoms with Crippen molar-refractivity contribution in [3.8, 4) is 11.5 Å². The largest absolute Gasteiger partial charge is 0.503 e. The molecule has 1 atom stereocenters. The Labute approximate surface area is 169 Å². The Hall–Kier alpha value is -3.57. The van der Waals surface area contributed by atoms with E-state index in [1.807, 2.05) is 36.4 Å². The van der Waals surface area contributed by atoms with E-state index in [0.717, 1.165) is 5.56 Å². The van der Waals surface area contributed by atoms with E-state index in [1.165, 1.54) is 13.4 Å². The number of aliphatic hydroxyl groups is 1. The second-order valence-electron chi connectivity index (χ2n) is 6.64. The number of rotatable bonds is 7. The summed E-state index contributed by atoms with van der Waals surface area (Å²) in [4.78, 5) is 11.6. The fourth-order valence-electron chi connectivity index (χ4n) is 3.04. The predicted octanol–water partition coefficient (Wildman–Crippen LogP) is 4.81. The van der Waals surface area contributed by atoms with Crippen molar-refractivity contribution in [2.45, 2.75) is 12.5 Å². The van der Waals surface area contributed by atoms with Crippen LogP contribution in [0.4, 0.5) is 0 Å². The Morgan fingerprint density at radius 3 is 2.28 bits per heavy atom. The van der Waals surface area contributed by atoms with Gasteiger partial charge >= 0.3 is 5.97 Å². The second-order valence-corrected chi connectivity index (χ2v) is 6.64. The summed E-state index contributed by atoms with van der Waals surface area (Å²) in [5.41, 5.74) is 0.582. The number of carboxylic acid groups (broad SMARTS) is 1. The molecule has 148 valence electrons. The smallest absolute Gasteiger partial charge is 0.339 e. The van der Waals surface area contributed by atoms with Gasteiger partial charge in [0.2, 0.25) is 0 Å².